The lowest BCUT2D eigenvalue weighted by molar-refractivity contribution is -0.137. The summed E-state index contributed by atoms with van der Waals surface area (Å²) in [7, 11) is 0. The van der Waals surface area contributed by atoms with E-state index in [2.05, 4.69) is 5.32 Å². The van der Waals surface area contributed by atoms with Gasteiger partial charge in [0, 0.05) is 23.2 Å². The molecule has 0 radical (unpaired) electrons. The summed E-state index contributed by atoms with van der Waals surface area (Å²) >= 11 is 1.44. The molecule has 1 aromatic carbocycles. The molecule has 7 heteroatoms. The van der Waals surface area contributed by atoms with E-state index >= 15 is 0 Å². The number of hydrogen-bond donors (Lipinski definition) is 1. The van der Waals surface area contributed by atoms with Crippen LogP contribution >= 0.6 is 11.3 Å². The minimum Gasteiger partial charge on any atom is -0.454 e. The van der Waals surface area contributed by atoms with Crippen LogP contribution in [0.1, 0.15) is 18.7 Å². The molecule has 134 valence electrons. The van der Waals surface area contributed by atoms with Gasteiger partial charge in [0.2, 0.25) is 6.79 Å². The summed E-state index contributed by atoms with van der Waals surface area (Å²) in [6.45, 7) is 4.53. The van der Waals surface area contributed by atoms with Gasteiger partial charge in [0.15, 0.2) is 11.5 Å². The van der Waals surface area contributed by atoms with Crippen LogP contribution in [-0.2, 0) is 9.59 Å². The van der Waals surface area contributed by atoms with Crippen molar-refractivity contribution in [2.24, 2.45) is 5.92 Å². The molecule has 6 nitrogen and oxygen atoms in total. The molecule has 2 aromatic rings. The number of imide groups is 1. The van der Waals surface area contributed by atoms with Gasteiger partial charge in [-0.25, -0.2) is 0 Å². The minimum atomic E-state index is -0.301. The number of rotatable bonds is 5. The number of benzene rings is 1. The van der Waals surface area contributed by atoms with Crippen LogP contribution in [0.25, 0.3) is 5.57 Å². The highest BCUT2D eigenvalue weighted by molar-refractivity contribution is 7.11. The first-order valence-electron chi connectivity index (χ1n) is 8.35. The van der Waals surface area contributed by atoms with Crippen LogP contribution < -0.4 is 14.8 Å². The van der Waals surface area contributed by atoms with Gasteiger partial charge in [-0.3, -0.25) is 14.5 Å². The number of ether oxygens (including phenoxy) is 2. The van der Waals surface area contributed by atoms with Crippen molar-refractivity contribution >= 4 is 34.4 Å². The van der Waals surface area contributed by atoms with E-state index in [9.17, 15) is 9.59 Å². The van der Waals surface area contributed by atoms with Gasteiger partial charge in [-0.15, -0.1) is 11.3 Å². The fraction of sp³-hybridized carbons (Fsp3) is 0.263. The van der Waals surface area contributed by atoms with Crippen LogP contribution in [0.15, 0.2) is 41.4 Å². The molecular formula is C19H18N2O4S. The van der Waals surface area contributed by atoms with Gasteiger partial charge >= 0.3 is 0 Å². The molecule has 0 atom stereocenters. The first-order valence-corrected chi connectivity index (χ1v) is 9.23. The zero-order valence-corrected chi connectivity index (χ0v) is 15.3. The number of carbonyl (C=O) groups excluding carboxylic acids is 2. The third kappa shape index (κ3) is 2.84. The Labute approximate surface area is 155 Å². The number of thiophene rings is 1. The maximum atomic E-state index is 12.9. The number of fused-ring (bicyclic) bond motifs is 1. The lowest BCUT2D eigenvalue weighted by atomic mass is 10.1. The van der Waals surface area contributed by atoms with Crippen molar-refractivity contribution in [3.05, 3.63) is 46.3 Å². The molecule has 0 saturated heterocycles. The average Bonchev–Trinajstić information content (AvgIpc) is 3.32. The van der Waals surface area contributed by atoms with Crippen molar-refractivity contribution in [2.75, 3.05) is 18.7 Å². The van der Waals surface area contributed by atoms with E-state index < -0.39 is 0 Å². The molecule has 0 fully saturated rings. The third-order valence-corrected chi connectivity index (χ3v) is 5.01. The van der Waals surface area contributed by atoms with Crippen molar-refractivity contribution < 1.29 is 19.1 Å². The van der Waals surface area contributed by atoms with Gasteiger partial charge in [0.25, 0.3) is 11.8 Å². The van der Waals surface area contributed by atoms with Crippen LogP contribution in [0.5, 0.6) is 11.5 Å². The van der Waals surface area contributed by atoms with Gasteiger partial charge in [-0.2, -0.15) is 0 Å². The Morgan fingerprint density at radius 2 is 1.96 bits per heavy atom. The molecular weight excluding hydrogens is 352 g/mol. The fourth-order valence-electron chi connectivity index (χ4n) is 2.99. The topological polar surface area (TPSA) is 67.9 Å². The Balaban J connectivity index is 1.72. The van der Waals surface area contributed by atoms with Crippen LogP contribution in [0, 0.1) is 5.92 Å². The molecule has 0 unspecified atom stereocenters. The molecule has 0 spiro atoms. The van der Waals surface area contributed by atoms with E-state index in [4.69, 9.17) is 9.47 Å². The Hall–Kier alpha value is -2.80. The van der Waals surface area contributed by atoms with Crippen molar-refractivity contribution in [1.82, 2.24) is 4.90 Å². The second-order valence-electron chi connectivity index (χ2n) is 6.54. The molecule has 2 aliphatic heterocycles. The molecule has 0 saturated carbocycles. The average molecular weight is 370 g/mol. The largest absolute Gasteiger partial charge is 0.454 e. The maximum absolute atomic E-state index is 12.9. The standard InChI is InChI=1S/C19H18N2O4S/c1-11(2)9-21-18(22)16(15-4-3-7-26-15)17(19(21)23)20-12-5-6-13-14(8-12)25-10-24-13/h3-8,11,20H,9-10H2,1-2H3. The quantitative estimate of drug-likeness (QED) is 0.818. The first kappa shape index (κ1) is 16.7. The zero-order chi connectivity index (χ0) is 18.3. The molecule has 1 N–H and O–H groups in total. The van der Waals surface area contributed by atoms with Crippen molar-refractivity contribution in [1.29, 1.82) is 0 Å². The van der Waals surface area contributed by atoms with Gasteiger partial charge in [-0.1, -0.05) is 19.9 Å². The van der Waals surface area contributed by atoms with Crippen LogP contribution in [-0.4, -0.2) is 30.1 Å². The van der Waals surface area contributed by atoms with Crippen molar-refractivity contribution in [2.45, 2.75) is 13.8 Å². The summed E-state index contributed by atoms with van der Waals surface area (Å²) in [5.41, 5.74) is 1.39. The second-order valence-corrected chi connectivity index (χ2v) is 7.48. The lowest BCUT2D eigenvalue weighted by Crippen LogP contribution is -2.35. The Kier molecular flexibility index (Phi) is 4.16. The summed E-state index contributed by atoms with van der Waals surface area (Å²) in [4.78, 5) is 27.9. The van der Waals surface area contributed by atoms with Gasteiger partial charge in [0.05, 0.1) is 5.57 Å². The molecule has 4 rings (SSSR count). The van der Waals surface area contributed by atoms with Crippen LogP contribution in [0.2, 0.25) is 0 Å². The highest BCUT2D eigenvalue weighted by Gasteiger charge is 2.39. The predicted molar refractivity (Wildman–Crippen MR) is 99.0 cm³/mol. The molecule has 3 heterocycles. The van der Waals surface area contributed by atoms with E-state index in [1.165, 1.54) is 16.2 Å². The van der Waals surface area contributed by atoms with Gasteiger partial charge in [-0.05, 0) is 29.5 Å². The molecule has 2 aliphatic rings. The highest BCUT2D eigenvalue weighted by Crippen LogP contribution is 2.37. The summed E-state index contributed by atoms with van der Waals surface area (Å²) in [5, 5.41) is 5.02. The van der Waals surface area contributed by atoms with E-state index in [-0.39, 0.29) is 24.5 Å². The molecule has 2 amide bonds. The zero-order valence-electron chi connectivity index (χ0n) is 14.4. The smallest absolute Gasteiger partial charge is 0.278 e. The third-order valence-electron chi connectivity index (χ3n) is 4.13. The lowest BCUT2D eigenvalue weighted by Gasteiger charge is -2.17. The number of nitrogens with one attached hydrogen (secondary N) is 1. The van der Waals surface area contributed by atoms with E-state index in [1.807, 2.05) is 31.4 Å². The van der Waals surface area contributed by atoms with Gasteiger partial charge < -0.3 is 14.8 Å². The van der Waals surface area contributed by atoms with E-state index in [0.717, 1.165) is 4.88 Å². The summed E-state index contributed by atoms with van der Waals surface area (Å²) < 4.78 is 10.7. The summed E-state index contributed by atoms with van der Waals surface area (Å²) in [6, 6.07) is 9.07. The van der Waals surface area contributed by atoms with Crippen LogP contribution in [0.4, 0.5) is 5.69 Å². The predicted octanol–water partition coefficient (Wildman–Crippen LogP) is 3.32. The number of carbonyl (C=O) groups is 2. The summed E-state index contributed by atoms with van der Waals surface area (Å²) in [6.07, 6.45) is 0. The maximum Gasteiger partial charge on any atom is 0.278 e. The number of amides is 2. The Bertz CT molecular complexity index is 902. The summed E-state index contributed by atoms with van der Waals surface area (Å²) in [5.74, 6) is 0.916. The molecule has 26 heavy (non-hydrogen) atoms. The normalized spacial score (nSPS) is 16.2. The molecule has 0 aliphatic carbocycles. The Morgan fingerprint density at radius 3 is 2.69 bits per heavy atom. The number of anilines is 1. The number of hydrogen-bond acceptors (Lipinski definition) is 6. The van der Waals surface area contributed by atoms with Crippen molar-refractivity contribution in [3.8, 4) is 11.5 Å². The van der Waals surface area contributed by atoms with Crippen LogP contribution in [0.3, 0.4) is 0 Å². The first-order chi connectivity index (χ1) is 12.5. The van der Waals surface area contributed by atoms with Gasteiger partial charge in [0.1, 0.15) is 5.70 Å². The SMILES string of the molecule is CC(C)CN1C(=O)C(Nc2ccc3c(c2)OCO3)=C(c2cccs2)C1=O. The fourth-order valence-corrected chi connectivity index (χ4v) is 3.76. The molecule has 1 aromatic heterocycles. The van der Waals surface area contributed by atoms with E-state index in [1.54, 1.807) is 18.2 Å². The van der Waals surface area contributed by atoms with Crippen molar-refractivity contribution in [3.63, 3.8) is 0 Å². The monoisotopic (exact) mass is 370 g/mol. The van der Waals surface area contributed by atoms with E-state index in [0.29, 0.717) is 35.0 Å². The Morgan fingerprint density at radius 1 is 1.15 bits per heavy atom. The highest BCUT2D eigenvalue weighted by atomic mass is 32.1. The number of nitrogens with zero attached hydrogens (tertiary/aromatic N) is 1. The minimum absolute atomic E-state index is 0.182. The second kappa shape index (κ2) is 6.49. The molecule has 0 bridgehead atoms.